The zero-order valence-electron chi connectivity index (χ0n) is 11.9. The summed E-state index contributed by atoms with van der Waals surface area (Å²) >= 11 is 0. The van der Waals surface area contributed by atoms with E-state index in [9.17, 15) is 8.42 Å². The van der Waals surface area contributed by atoms with Gasteiger partial charge in [-0.15, -0.1) is 6.58 Å². The van der Waals surface area contributed by atoms with E-state index in [1.165, 1.54) is 0 Å². The molecule has 0 aromatic heterocycles. The Morgan fingerprint density at radius 1 is 1.10 bits per heavy atom. The van der Waals surface area contributed by atoms with Gasteiger partial charge in [-0.1, -0.05) is 54.1 Å². The molecule has 2 rings (SSSR count). The van der Waals surface area contributed by atoms with Gasteiger partial charge in [0.1, 0.15) is 6.10 Å². The molecule has 0 N–H and O–H groups in total. The van der Waals surface area contributed by atoms with Crippen LogP contribution in [0.1, 0.15) is 23.7 Å². The minimum absolute atomic E-state index is 0.165. The van der Waals surface area contributed by atoms with Gasteiger partial charge in [-0.3, -0.25) is 4.18 Å². The van der Waals surface area contributed by atoms with E-state index in [0.29, 0.717) is 6.42 Å². The van der Waals surface area contributed by atoms with Crippen LogP contribution in [0.4, 0.5) is 0 Å². The fraction of sp³-hybridized carbons (Fsp3) is 0.176. The lowest BCUT2D eigenvalue weighted by atomic mass is 10.1. The number of hydrogen-bond acceptors (Lipinski definition) is 3. The maximum atomic E-state index is 12.3. The van der Waals surface area contributed by atoms with Gasteiger partial charge in [0.05, 0.1) is 4.90 Å². The summed E-state index contributed by atoms with van der Waals surface area (Å²) in [5, 5.41) is 0. The molecule has 0 amide bonds. The minimum Gasteiger partial charge on any atom is -0.258 e. The minimum atomic E-state index is -3.79. The Balaban J connectivity index is 2.27. The highest BCUT2D eigenvalue weighted by Crippen LogP contribution is 2.26. The molecule has 0 aliphatic heterocycles. The Labute approximate surface area is 126 Å². The summed E-state index contributed by atoms with van der Waals surface area (Å²) in [5.74, 6) is 0. The van der Waals surface area contributed by atoms with Gasteiger partial charge in [0.15, 0.2) is 0 Å². The third-order valence-corrected chi connectivity index (χ3v) is 4.44. The highest BCUT2D eigenvalue weighted by Gasteiger charge is 2.22. The second kappa shape index (κ2) is 6.70. The smallest absolute Gasteiger partial charge is 0.258 e. The van der Waals surface area contributed by atoms with Gasteiger partial charge in [-0.05, 0) is 31.0 Å². The summed E-state index contributed by atoms with van der Waals surface area (Å²) in [6.45, 7) is 5.57. The van der Waals surface area contributed by atoms with Crippen LogP contribution in [0, 0.1) is 6.92 Å². The van der Waals surface area contributed by atoms with E-state index in [1.807, 2.05) is 37.3 Å². The predicted octanol–water partition coefficient (Wildman–Crippen LogP) is 4.02. The molecular formula is C17H18O3S. The molecule has 0 heterocycles. The molecule has 4 heteroatoms. The van der Waals surface area contributed by atoms with Crippen LogP contribution in [0.2, 0.25) is 0 Å². The topological polar surface area (TPSA) is 43.4 Å². The first-order chi connectivity index (χ1) is 10.0. The van der Waals surface area contributed by atoms with Gasteiger partial charge in [-0.25, -0.2) is 0 Å². The molecule has 0 bridgehead atoms. The number of hydrogen-bond donors (Lipinski definition) is 0. The van der Waals surface area contributed by atoms with Crippen molar-refractivity contribution in [3.8, 4) is 0 Å². The normalized spacial score (nSPS) is 12.8. The fourth-order valence-electron chi connectivity index (χ4n) is 1.96. The third-order valence-electron chi connectivity index (χ3n) is 3.10. The van der Waals surface area contributed by atoms with E-state index in [-0.39, 0.29) is 4.90 Å². The van der Waals surface area contributed by atoms with Crippen LogP contribution in [0.5, 0.6) is 0 Å². The van der Waals surface area contributed by atoms with Crippen molar-refractivity contribution in [2.24, 2.45) is 0 Å². The molecule has 3 nitrogen and oxygen atoms in total. The van der Waals surface area contributed by atoms with E-state index < -0.39 is 16.2 Å². The van der Waals surface area contributed by atoms with Gasteiger partial charge in [0, 0.05) is 0 Å². The van der Waals surface area contributed by atoms with E-state index in [0.717, 1.165) is 11.1 Å². The van der Waals surface area contributed by atoms with Crippen LogP contribution in [0.15, 0.2) is 72.1 Å². The Hall–Kier alpha value is -1.91. The quantitative estimate of drug-likeness (QED) is 0.598. The molecule has 0 saturated carbocycles. The first-order valence-corrected chi connectivity index (χ1v) is 8.09. The monoisotopic (exact) mass is 302 g/mol. The Kier molecular flexibility index (Phi) is 4.94. The average molecular weight is 302 g/mol. The van der Waals surface area contributed by atoms with Gasteiger partial charge < -0.3 is 0 Å². The van der Waals surface area contributed by atoms with Crippen molar-refractivity contribution in [3.05, 3.63) is 78.4 Å². The predicted molar refractivity (Wildman–Crippen MR) is 83.4 cm³/mol. The standard InChI is InChI=1S/C17H18O3S/c1-3-7-17(15-8-5-4-6-9-15)20-21(18,19)16-12-10-14(2)11-13-16/h3-6,8-13,17H,1,7H2,2H3. The van der Waals surface area contributed by atoms with Gasteiger partial charge in [0.25, 0.3) is 10.1 Å². The van der Waals surface area contributed by atoms with Crippen LogP contribution < -0.4 is 0 Å². The molecule has 1 atom stereocenters. The van der Waals surface area contributed by atoms with Crippen LogP contribution >= 0.6 is 0 Å². The molecular weight excluding hydrogens is 284 g/mol. The zero-order valence-corrected chi connectivity index (χ0v) is 12.7. The summed E-state index contributed by atoms with van der Waals surface area (Å²) in [6, 6.07) is 15.9. The number of aryl methyl sites for hydroxylation is 1. The number of rotatable bonds is 6. The van der Waals surface area contributed by atoms with Crippen molar-refractivity contribution in [1.82, 2.24) is 0 Å². The molecule has 0 saturated heterocycles. The van der Waals surface area contributed by atoms with Crippen LogP contribution in [-0.2, 0) is 14.3 Å². The maximum Gasteiger partial charge on any atom is 0.297 e. The molecule has 0 aliphatic carbocycles. The second-order valence-corrected chi connectivity index (χ2v) is 6.36. The number of benzene rings is 2. The van der Waals surface area contributed by atoms with Gasteiger partial charge >= 0.3 is 0 Å². The lowest BCUT2D eigenvalue weighted by Gasteiger charge is -2.16. The lowest BCUT2D eigenvalue weighted by molar-refractivity contribution is 0.217. The first-order valence-electron chi connectivity index (χ1n) is 6.69. The van der Waals surface area contributed by atoms with Crippen molar-refractivity contribution in [2.75, 3.05) is 0 Å². The van der Waals surface area contributed by atoms with Gasteiger partial charge in [0.2, 0.25) is 0 Å². The average Bonchev–Trinajstić information content (AvgIpc) is 2.48. The molecule has 110 valence electrons. The Bertz CT molecular complexity index is 689. The summed E-state index contributed by atoms with van der Waals surface area (Å²) in [6.07, 6.45) is 1.52. The van der Waals surface area contributed by atoms with Crippen molar-refractivity contribution in [1.29, 1.82) is 0 Å². The summed E-state index contributed by atoms with van der Waals surface area (Å²) < 4.78 is 30.1. The molecule has 0 radical (unpaired) electrons. The highest BCUT2D eigenvalue weighted by atomic mass is 32.2. The lowest BCUT2D eigenvalue weighted by Crippen LogP contribution is -2.12. The fourth-order valence-corrected chi connectivity index (χ4v) is 3.04. The summed E-state index contributed by atoms with van der Waals surface area (Å²) in [4.78, 5) is 0.165. The molecule has 0 fully saturated rings. The van der Waals surface area contributed by atoms with Crippen molar-refractivity contribution >= 4 is 10.1 Å². The highest BCUT2D eigenvalue weighted by molar-refractivity contribution is 7.86. The zero-order chi connectivity index (χ0) is 15.3. The molecule has 0 aliphatic rings. The van der Waals surface area contributed by atoms with Crippen LogP contribution in [-0.4, -0.2) is 8.42 Å². The van der Waals surface area contributed by atoms with Crippen molar-refractivity contribution in [3.63, 3.8) is 0 Å². The Morgan fingerprint density at radius 3 is 2.29 bits per heavy atom. The molecule has 0 spiro atoms. The molecule has 1 unspecified atom stereocenters. The first kappa shape index (κ1) is 15.5. The van der Waals surface area contributed by atoms with Crippen molar-refractivity contribution in [2.45, 2.75) is 24.3 Å². The second-order valence-electron chi connectivity index (χ2n) is 4.79. The van der Waals surface area contributed by atoms with Crippen molar-refractivity contribution < 1.29 is 12.6 Å². The molecule has 21 heavy (non-hydrogen) atoms. The Morgan fingerprint density at radius 2 is 1.71 bits per heavy atom. The maximum absolute atomic E-state index is 12.3. The van der Waals surface area contributed by atoms with E-state index in [4.69, 9.17) is 4.18 Å². The third kappa shape index (κ3) is 4.03. The van der Waals surface area contributed by atoms with E-state index in [1.54, 1.807) is 30.3 Å². The SMILES string of the molecule is C=CCC(OS(=O)(=O)c1ccc(C)cc1)c1ccccc1. The largest absolute Gasteiger partial charge is 0.297 e. The molecule has 2 aromatic carbocycles. The summed E-state index contributed by atoms with van der Waals surface area (Å²) in [7, 11) is -3.79. The van der Waals surface area contributed by atoms with E-state index >= 15 is 0 Å². The van der Waals surface area contributed by atoms with Gasteiger partial charge in [-0.2, -0.15) is 8.42 Å². The van der Waals surface area contributed by atoms with Crippen LogP contribution in [0.3, 0.4) is 0 Å². The van der Waals surface area contributed by atoms with Crippen LogP contribution in [0.25, 0.3) is 0 Å². The molecule has 2 aromatic rings. The summed E-state index contributed by atoms with van der Waals surface area (Å²) in [5.41, 5.74) is 1.81. The van der Waals surface area contributed by atoms with E-state index in [2.05, 4.69) is 6.58 Å².